The lowest BCUT2D eigenvalue weighted by Crippen LogP contribution is -2.48. The van der Waals surface area contributed by atoms with Crippen molar-refractivity contribution in [2.24, 2.45) is 4.99 Å². The van der Waals surface area contributed by atoms with E-state index in [1.54, 1.807) is 19.2 Å². The van der Waals surface area contributed by atoms with E-state index in [-0.39, 0.29) is 16.8 Å². The third-order valence-electron chi connectivity index (χ3n) is 4.91. The van der Waals surface area contributed by atoms with Crippen LogP contribution in [0.3, 0.4) is 0 Å². The van der Waals surface area contributed by atoms with Crippen LogP contribution in [0.4, 0.5) is 10.1 Å². The summed E-state index contributed by atoms with van der Waals surface area (Å²) in [7, 11) is 1.73. The Bertz CT molecular complexity index is 1150. The number of amides is 1. The SMILES string of the molecule is CNC(NC1N=C(c2ccccc2)c2ccccc2NC1=O)SC(=N)c1ccc(F)cc1. The van der Waals surface area contributed by atoms with E-state index in [4.69, 9.17) is 10.4 Å². The molecule has 0 saturated carbocycles. The van der Waals surface area contributed by atoms with E-state index in [2.05, 4.69) is 16.0 Å². The van der Waals surface area contributed by atoms with E-state index in [1.807, 2.05) is 54.6 Å². The van der Waals surface area contributed by atoms with Crippen LogP contribution in [0.15, 0.2) is 83.9 Å². The smallest absolute Gasteiger partial charge is 0.264 e. The zero-order chi connectivity index (χ0) is 22.5. The van der Waals surface area contributed by atoms with Gasteiger partial charge in [0.05, 0.1) is 16.4 Å². The maximum absolute atomic E-state index is 13.2. The van der Waals surface area contributed by atoms with Gasteiger partial charge in [-0.3, -0.25) is 25.8 Å². The standard InChI is InChI=1S/C24H22FN5OS/c1-27-24(32-21(26)16-11-13-17(25)14-12-16)30-22-23(31)28-19-10-6-5-9-18(19)20(29-22)15-7-3-2-4-8-15/h2-14,22,24,26-27,30H,1H3,(H,28,31). The third-order valence-corrected chi connectivity index (χ3v) is 5.99. The molecule has 4 N–H and O–H groups in total. The molecule has 4 rings (SSSR count). The number of hydrogen-bond donors (Lipinski definition) is 4. The number of carbonyl (C=O) groups excluding carboxylic acids is 1. The van der Waals surface area contributed by atoms with Gasteiger partial charge in [-0.2, -0.15) is 0 Å². The highest BCUT2D eigenvalue weighted by Crippen LogP contribution is 2.24. The number of rotatable bonds is 6. The monoisotopic (exact) mass is 447 g/mol. The number of nitrogens with one attached hydrogen (secondary N) is 4. The maximum Gasteiger partial charge on any atom is 0.264 e. The van der Waals surface area contributed by atoms with Gasteiger partial charge in [0.2, 0.25) is 0 Å². The second-order valence-corrected chi connectivity index (χ2v) is 8.19. The Morgan fingerprint density at radius 2 is 1.75 bits per heavy atom. The van der Waals surface area contributed by atoms with Gasteiger partial charge in [0.25, 0.3) is 5.91 Å². The number of benzene rings is 3. The summed E-state index contributed by atoms with van der Waals surface area (Å²) < 4.78 is 13.2. The lowest BCUT2D eigenvalue weighted by Gasteiger charge is -2.22. The van der Waals surface area contributed by atoms with Gasteiger partial charge in [0.1, 0.15) is 11.3 Å². The van der Waals surface area contributed by atoms with Gasteiger partial charge >= 0.3 is 0 Å². The number of benzodiazepines with no additional fused rings is 1. The molecule has 3 aromatic carbocycles. The Hall–Kier alpha value is -3.33. The second kappa shape index (κ2) is 9.86. The Labute approximate surface area is 189 Å². The van der Waals surface area contributed by atoms with Gasteiger partial charge in [0, 0.05) is 16.7 Å². The van der Waals surface area contributed by atoms with E-state index in [0.29, 0.717) is 17.0 Å². The van der Waals surface area contributed by atoms with Crippen LogP contribution >= 0.6 is 11.8 Å². The fraction of sp³-hybridized carbons (Fsp3) is 0.125. The molecule has 1 amide bonds. The Morgan fingerprint density at radius 1 is 1.06 bits per heavy atom. The molecule has 1 aliphatic heterocycles. The number of hydrogen-bond acceptors (Lipinski definition) is 6. The van der Waals surface area contributed by atoms with Crippen molar-refractivity contribution in [3.63, 3.8) is 0 Å². The van der Waals surface area contributed by atoms with E-state index >= 15 is 0 Å². The Kier molecular flexibility index (Phi) is 6.75. The molecule has 1 aliphatic rings. The molecule has 0 aromatic heterocycles. The van der Waals surface area contributed by atoms with Gasteiger partial charge in [0.15, 0.2) is 6.17 Å². The van der Waals surface area contributed by atoms with Crippen molar-refractivity contribution in [2.75, 3.05) is 12.4 Å². The van der Waals surface area contributed by atoms with Crippen LogP contribution in [-0.2, 0) is 4.79 Å². The molecule has 0 spiro atoms. The first-order chi connectivity index (χ1) is 15.5. The van der Waals surface area contributed by atoms with Crippen LogP contribution in [0, 0.1) is 11.2 Å². The number of halogens is 1. The fourth-order valence-corrected chi connectivity index (χ4v) is 4.13. The topological polar surface area (TPSA) is 89.4 Å². The summed E-state index contributed by atoms with van der Waals surface area (Å²) in [5.74, 6) is -0.648. The normalized spacial score (nSPS) is 16.4. The molecule has 0 radical (unpaired) electrons. The Morgan fingerprint density at radius 3 is 2.47 bits per heavy atom. The lowest BCUT2D eigenvalue weighted by atomic mass is 10.0. The van der Waals surface area contributed by atoms with Crippen molar-refractivity contribution in [3.05, 3.63) is 101 Å². The zero-order valence-electron chi connectivity index (χ0n) is 17.3. The molecule has 8 heteroatoms. The highest BCUT2D eigenvalue weighted by atomic mass is 32.2. The molecular formula is C24H22FN5OS. The molecule has 3 aromatic rings. The van der Waals surface area contributed by atoms with Gasteiger partial charge in [-0.15, -0.1) is 0 Å². The average Bonchev–Trinajstić information content (AvgIpc) is 2.95. The lowest BCUT2D eigenvalue weighted by molar-refractivity contribution is -0.118. The predicted molar refractivity (Wildman–Crippen MR) is 128 cm³/mol. The van der Waals surface area contributed by atoms with Crippen LogP contribution in [0.25, 0.3) is 0 Å². The van der Waals surface area contributed by atoms with Crippen LogP contribution in [0.2, 0.25) is 0 Å². The summed E-state index contributed by atoms with van der Waals surface area (Å²) in [4.78, 5) is 17.8. The molecule has 32 heavy (non-hydrogen) atoms. The number of anilines is 1. The van der Waals surface area contributed by atoms with Crippen LogP contribution in [-0.4, -0.2) is 35.4 Å². The summed E-state index contributed by atoms with van der Waals surface area (Å²) in [5.41, 5.74) is 3.23. The molecular weight excluding hydrogens is 425 g/mol. The number of thioether (sulfide) groups is 1. The van der Waals surface area contributed by atoms with Crippen molar-refractivity contribution >= 4 is 34.1 Å². The summed E-state index contributed by atoms with van der Waals surface area (Å²) in [6.45, 7) is 0. The minimum atomic E-state index is -0.886. The molecule has 0 saturated heterocycles. The molecule has 6 nitrogen and oxygen atoms in total. The number of carbonyl (C=O) groups is 1. The minimum absolute atomic E-state index is 0.237. The highest BCUT2D eigenvalue weighted by molar-refractivity contribution is 8.14. The van der Waals surface area contributed by atoms with Gasteiger partial charge in [-0.05, 0) is 37.4 Å². The fourth-order valence-electron chi connectivity index (χ4n) is 3.30. The molecule has 162 valence electrons. The largest absolute Gasteiger partial charge is 0.322 e. The first-order valence-electron chi connectivity index (χ1n) is 10.0. The number of nitrogens with zero attached hydrogens (tertiary/aromatic N) is 1. The summed E-state index contributed by atoms with van der Waals surface area (Å²) in [6.07, 6.45) is -0.886. The van der Waals surface area contributed by atoms with E-state index < -0.39 is 11.7 Å². The van der Waals surface area contributed by atoms with Crippen LogP contribution in [0.5, 0.6) is 0 Å². The number of para-hydroxylation sites is 1. The van der Waals surface area contributed by atoms with E-state index in [0.717, 1.165) is 11.1 Å². The summed E-state index contributed by atoms with van der Waals surface area (Å²) in [6, 6.07) is 23.0. The van der Waals surface area contributed by atoms with Crippen molar-refractivity contribution in [3.8, 4) is 0 Å². The maximum atomic E-state index is 13.2. The zero-order valence-corrected chi connectivity index (χ0v) is 18.1. The predicted octanol–water partition coefficient (Wildman–Crippen LogP) is 3.79. The van der Waals surface area contributed by atoms with Crippen molar-refractivity contribution in [1.29, 1.82) is 5.41 Å². The third kappa shape index (κ3) is 4.94. The summed E-state index contributed by atoms with van der Waals surface area (Å²) >= 11 is 1.18. The van der Waals surface area contributed by atoms with Crippen molar-refractivity contribution in [1.82, 2.24) is 10.6 Å². The molecule has 2 unspecified atom stereocenters. The van der Waals surface area contributed by atoms with Gasteiger partial charge in [-0.25, -0.2) is 4.39 Å². The van der Waals surface area contributed by atoms with Crippen LogP contribution in [0.1, 0.15) is 16.7 Å². The van der Waals surface area contributed by atoms with Gasteiger partial charge < -0.3 is 5.32 Å². The molecule has 0 aliphatic carbocycles. The Balaban J connectivity index is 1.61. The van der Waals surface area contributed by atoms with Crippen molar-refractivity contribution < 1.29 is 9.18 Å². The quantitative estimate of drug-likeness (QED) is 0.263. The molecule has 1 heterocycles. The van der Waals surface area contributed by atoms with Gasteiger partial charge in [-0.1, -0.05) is 60.3 Å². The average molecular weight is 448 g/mol. The number of aliphatic imine (C=N–C) groups is 1. The molecule has 0 bridgehead atoms. The second-order valence-electron chi connectivity index (χ2n) is 7.07. The van der Waals surface area contributed by atoms with Crippen LogP contribution < -0.4 is 16.0 Å². The van der Waals surface area contributed by atoms with E-state index in [9.17, 15) is 9.18 Å². The summed E-state index contributed by atoms with van der Waals surface area (Å²) in [5, 5.41) is 17.8. The first kappa shape index (κ1) is 21.9. The minimum Gasteiger partial charge on any atom is -0.322 e. The highest BCUT2D eigenvalue weighted by Gasteiger charge is 2.28. The molecule has 0 fully saturated rings. The first-order valence-corrected chi connectivity index (χ1v) is 10.9. The number of fused-ring (bicyclic) bond motifs is 1. The van der Waals surface area contributed by atoms with Crippen molar-refractivity contribution in [2.45, 2.75) is 11.7 Å². The van der Waals surface area contributed by atoms with E-state index in [1.165, 1.54) is 23.9 Å². The molecule has 2 atom stereocenters.